The number of nitrogens with one attached hydrogen (secondary N) is 2. The fourth-order valence-corrected chi connectivity index (χ4v) is 4.19. The van der Waals surface area contributed by atoms with Crippen LogP contribution in [0.5, 0.6) is 0 Å². The second kappa shape index (κ2) is 9.29. The second-order valence-electron chi connectivity index (χ2n) is 7.84. The lowest BCUT2D eigenvalue weighted by Crippen LogP contribution is -2.35. The first kappa shape index (κ1) is 19.7. The minimum absolute atomic E-state index is 0.414. The molecule has 1 saturated carbocycles. The molecule has 0 unspecified atom stereocenters. The number of benzene rings is 1. The lowest BCUT2D eigenvalue weighted by molar-refractivity contribution is 0.0336. The molecule has 29 heavy (non-hydrogen) atoms. The molecule has 152 valence electrons. The van der Waals surface area contributed by atoms with E-state index in [0.29, 0.717) is 17.2 Å². The van der Waals surface area contributed by atoms with Gasteiger partial charge in [-0.25, -0.2) is 0 Å². The van der Waals surface area contributed by atoms with Crippen molar-refractivity contribution >= 4 is 18.2 Å². The third kappa shape index (κ3) is 4.71. The van der Waals surface area contributed by atoms with Gasteiger partial charge >= 0.3 is 0 Å². The number of anilines is 1. The van der Waals surface area contributed by atoms with Crippen LogP contribution in [0, 0.1) is 5.41 Å². The molecule has 1 aliphatic carbocycles. The van der Waals surface area contributed by atoms with Crippen molar-refractivity contribution in [2.75, 3.05) is 31.6 Å². The van der Waals surface area contributed by atoms with Gasteiger partial charge in [-0.15, -0.1) is 0 Å². The van der Waals surface area contributed by atoms with Crippen LogP contribution >= 0.6 is 0 Å². The molecule has 2 aliphatic rings. The maximum Gasteiger partial charge on any atom is 0.150 e. The SMILES string of the molecule is N=Cc1c(C=O)cc(-c2ccc(CN3CCOCC3)nc2)cc1NC1CCCC1. The molecule has 0 radical (unpaired) electrons. The van der Waals surface area contributed by atoms with Crippen molar-refractivity contribution in [1.82, 2.24) is 9.88 Å². The van der Waals surface area contributed by atoms with Crippen LogP contribution in [0.2, 0.25) is 0 Å². The highest BCUT2D eigenvalue weighted by Crippen LogP contribution is 2.30. The van der Waals surface area contributed by atoms with E-state index in [2.05, 4.69) is 27.3 Å². The largest absolute Gasteiger partial charge is 0.382 e. The Morgan fingerprint density at radius 2 is 1.97 bits per heavy atom. The molecule has 1 aliphatic heterocycles. The number of ether oxygens (including phenoxy) is 1. The third-order valence-electron chi connectivity index (χ3n) is 5.85. The van der Waals surface area contributed by atoms with E-state index >= 15 is 0 Å². The molecule has 0 atom stereocenters. The van der Waals surface area contributed by atoms with Crippen LogP contribution in [0.15, 0.2) is 30.5 Å². The predicted molar refractivity (Wildman–Crippen MR) is 115 cm³/mol. The summed E-state index contributed by atoms with van der Waals surface area (Å²) in [5, 5.41) is 11.3. The average molecular weight is 393 g/mol. The van der Waals surface area contributed by atoms with Crippen LogP contribution < -0.4 is 5.32 Å². The highest BCUT2D eigenvalue weighted by atomic mass is 16.5. The Labute approximate surface area is 171 Å². The van der Waals surface area contributed by atoms with Crippen molar-refractivity contribution < 1.29 is 9.53 Å². The molecule has 0 spiro atoms. The van der Waals surface area contributed by atoms with Gasteiger partial charge in [0.25, 0.3) is 0 Å². The van der Waals surface area contributed by atoms with Gasteiger partial charge in [0.2, 0.25) is 0 Å². The standard InChI is InChI=1S/C23H28N4O2/c24-13-22-19(16-28)11-18(12-23(22)26-20-3-1-2-4-20)17-5-6-21(25-14-17)15-27-7-9-29-10-8-27/h5-6,11-14,16,20,24,26H,1-4,7-10,15H2. The number of carbonyl (C=O) groups is 1. The van der Waals surface area contributed by atoms with Gasteiger partial charge in [0, 0.05) is 60.5 Å². The van der Waals surface area contributed by atoms with Gasteiger partial charge in [-0.3, -0.25) is 14.7 Å². The minimum atomic E-state index is 0.414. The first-order valence-electron chi connectivity index (χ1n) is 10.4. The molecule has 1 aromatic heterocycles. The summed E-state index contributed by atoms with van der Waals surface area (Å²) in [6.07, 6.45) is 8.71. The zero-order valence-corrected chi connectivity index (χ0v) is 16.7. The Morgan fingerprint density at radius 1 is 1.17 bits per heavy atom. The summed E-state index contributed by atoms with van der Waals surface area (Å²) in [6.45, 7) is 4.26. The number of hydrogen-bond donors (Lipinski definition) is 2. The number of aldehydes is 1. The molecule has 6 nitrogen and oxygen atoms in total. The Hall–Kier alpha value is -2.57. The number of pyridine rings is 1. The van der Waals surface area contributed by atoms with Crippen molar-refractivity contribution in [2.24, 2.45) is 0 Å². The van der Waals surface area contributed by atoms with Crippen molar-refractivity contribution in [1.29, 1.82) is 5.41 Å². The summed E-state index contributed by atoms with van der Waals surface area (Å²) in [6, 6.07) is 8.43. The molecule has 6 heteroatoms. The monoisotopic (exact) mass is 392 g/mol. The Bertz CT molecular complexity index is 854. The van der Waals surface area contributed by atoms with Gasteiger partial charge in [0.15, 0.2) is 6.29 Å². The number of hydrogen-bond acceptors (Lipinski definition) is 6. The zero-order valence-electron chi connectivity index (χ0n) is 16.7. The highest BCUT2D eigenvalue weighted by Gasteiger charge is 2.18. The van der Waals surface area contributed by atoms with E-state index in [1.807, 2.05) is 18.3 Å². The Kier molecular flexibility index (Phi) is 6.32. The normalized spacial score (nSPS) is 17.9. The molecule has 2 fully saturated rings. The first-order valence-corrected chi connectivity index (χ1v) is 10.4. The van der Waals surface area contributed by atoms with Gasteiger partial charge in [0.05, 0.1) is 18.9 Å². The van der Waals surface area contributed by atoms with Gasteiger partial charge in [-0.2, -0.15) is 0 Å². The van der Waals surface area contributed by atoms with Gasteiger partial charge < -0.3 is 15.5 Å². The summed E-state index contributed by atoms with van der Waals surface area (Å²) in [5.41, 5.74) is 5.02. The molecule has 1 saturated heterocycles. The maximum absolute atomic E-state index is 11.7. The number of rotatable bonds is 7. The van der Waals surface area contributed by atoms with E-state index in [-0.39, 0.29) is 0 Å². The highest BCUT2D eigenvalue weighted by molar-refractivity contribution is 5.99. The first-order chi connectivity index (χ1) is 14.3. The van der Waals surface area contributed by atoms with Crippen LogP contribution in [0.4, 0.5) is 5.69 Å². The van der Waals surface area contributed by atoms with Gasteiger partial charge in [0.1, 0.15) is 0 Å². The predicted octanol–water partition coefficient (Wildman–Crippen LogP) is 3.75. The average Bonchev–Trinajstić information content (AvgIpc) is 3.27. The van der Waals surface area contributed by atoms with Crippen LogP contribution in [-0.4, -0.2) is 54.7 Å². The smallest absolute Gasteiger partial charge is 0.150 e. The second-order valence-corrected chi connectivity index (χ2v) is 7.84. The molecule has 0 bridgehead atoms. The van der Waals surface area contributed by atoms with Crippen molar-refractivity contribution in [3.63, 3.8) is 0 Å². The zero-order chi connectivity index (χ0) is 20.1. The van der Waals surface area contributed by atoms with Crippen molar-refractivity contribution in [3.8, 4) is 11.1 Å². The summed E-state index contributed by atoms with van der Waals surface area (Å²) in [7, 11) is 0. The maximum atomic E-state index is 11.7. The third-order valence-corrected chi connectivity index (χ3v) is 5.85. The fraction of sp³-hybridized carbons (Fsp3) is 0.435. The lowest BCUT2D eigenvalue weighted by Gasteiger charge is -2.26. The topological polar surface area (TPSA) is 78.3 Å². The van der Waals surface area contributed by atoms with Gasteiger partial charge in [-0.05, 0) is 36.6 Å². The van der Waals surface area contributed by atoms with E-state index in [9.17, 15) is 4.79 Å². The van der Waals surface area contributed by atoms with E-state index in [0.717, 1.165) is 74.5 Å². The molecule has 0 amide bonds. The molecule has 4 rings (SSSR count). The molecule has 2 N–H and O–H groups in total. The fourth-order valence-electron chi connectivity index (χ4n) is 4.19. The molecule has 2 heterocycles. The Morgan fingerprint density at radius 3 is 2.62 bits per heavy atom. The molecule has 2 aromatic rings. The van der Waals surface area contributed by atoms with E-state index in [4.69, 9.17) is 10.1 Å². The number of aromatic nitrogens is 1. The lowest BCUT2D eigenvalue weighted by atomic mass is 9.98. The van der Waals surface area contributed by atoms with Crippen LogP contribution in [0.25, 0.3) is 11.1 Å². The van der Waals surface area contributed by atoms with Gasteiger partial charge in [-0.1, -0.05) is 18.9 Å². The minimum Gasteiger partial charge on any atom is -0.382 e. The number of morpholine rings is 1. The van der Waals surface area contributed by atoms with Crippen LogP contribution in [-0.2, 0) is 11.3 Å². The summed E-state index contributed by atoms with van der Waals surface area (Å²) < 4.78 is 5.40. The molecular weight excluding hydrogens is 364 g/mol. The van der Waals surface area contributed by atoms with Crippen molar-refractivity contribution in [2.45, 2.75) is 38.3 Å². The number of carbonyl (C=O) groups excluding carboxylic acids is 1. The van der Waals surface area contributed by atoms with E-state index in [1.54, 1.807) is 0 Å². The molecular formula is C23H28N4O2. The van der Waals surface area contributed by atoms with Crippen LogP contribution in [0.1, 0.15) is 47.3 Å². The van der Waals surface area contributed by atoms with Crippen LogP contribution in [0.3, 0.4) is 0 Å². The van der Waals surface area contributed by atoms with E-state index in [1.165, 1.54) is 19.1 Å². The molecule has 1 aromatic carbocycles. The summed E-state index contributed by atoms with van der Waals surface area (Å²) in [4.78, 5) is 18.7. The number of nitrogens with zero attached hydrogens (tertiary/aromatic N) is 2. The Balaban J connectivity index is 1.57. The van der Waals surface area contributed by atoms with Crippen molar-refractivity contribution in [3.05, 3.63) is 47.3 Å². The summed E-state index contributed by atoms with van der Waals surface area (Å²) in [5.74, 6) is 0. The quantitative estimate of drug-likeness (QED) is 0.554. The summed E-state index contributed by atoms with van der Waals surface area (Å²) >= 11 is 0. The van der Waals surface area contributed by atoms with E-state index < -0.39 is 0 Å².